The van der Waals surface area contributed by atoms with E-state index < -0.39 is 11.9 Å². The minimum atomic E-state index is -4.48. The van der Waals surface area contributed by atoms with Crippen molar-refractivity contribution in [2.45, 2.75) is 31.4 Å². The molecule has 1 aliphatic rings. The first-order chi connectivity index (χ1) is 13.4. The van der Waals surface area contributed by atoms with Gasteiger partial charge >= 0.3 is 6.18 Å². The van der Waals surface area contributed by atoms with Gasteiger partial charge in [-0.05, 0) is 54.8 Å². The SMILES string of the molecule is O=C(Cc1cccnc1)Nc1ccc(-n2nc(C(F)(F)F)cc2C2CC2)cc1. The number of alkyl halides is 3. The van der Waals surface area contributed by atoms with Gasteiger partial charge in [0.25, 0.3) is 0 Å². The number of benzene rings is 1. The number of pyridine rings is 1. The number of rotatable bonds is 5. The van der Waals surface area contributed by atoms with Crippen molar-refractivity contribution >= 4 is 11.6 Å². The summed E-state index contributed by atoms with van der Waals surface area (Å²) in [4.78, 5) is 16.1. The van der Waals surface area contributed by atoms with Crippen LogP contribution in [0.5, 0.6) is 0 Å². The Bertz CT molecular complexity index is 977. The zero-order valence-electron chi connectivity index (χ0n) is 14.8. The van der Waals surface area contributed by atoms with Crippen LogP contribution in [-0.2, 0) is 17.4 Å². The Labute approximate surface area is 159 Å². The highest BCUT2D eigenvalue weighted by molar-refractivity contribution is 5.92. The molecule has 0 aliphatic heterocycles. The normalized spacial score (nSPS) is 14.1. The van der Waals surface area contributed by atoms with Crippen LogP contribution in [0.1, 0.15) is 35.7 Å². The number of halogens is 3. The molecule has 0 unspecified atom stereocenters. The van der Waals surface area contributed by atoms with Gasteiger partial charge in [-0.25, -0.2) is 4.68 Å². The topological polar surface area (TPSA) is 59.8 Å². The second-order valence-corrected chi connectivity index (χ2v) is 6.77. The van der Waals surface area contributed by atoms with Crippen molar-refractivity contribution in [3.05, 3.63) is 71.8 Å². The van der Waals surface area contributed by atoms with Crippen LogP contribution < -0.4 is 5.32 Å². The molecule has 0 spiro atoms. The van der Waals surface area contributed by atoms with Gasteiger partial charge in [-0.2, -0.15) is 18.3 Å². The summed E-state index contributed by atoms with van der Waals surface area (Å²) in [6.07, 6.45) is 0.703. The number of anilines is 1. The molecule has 1 fully saturated rings. The zero-order valence-corrected chi connectivity index (χ0v) is 14.8. The van der Waals surface area contributed by atoms with E-state index in [1.807, 2.05) is 6.07 Å². The molecule has 1 amide bonds. The molecular formula is C20H17F3N4O. The van der Waals surface area contributed by atoms with E-state index in [0.29, 0.717) is 17.1 Å². The van der Waals surface area contributed by atoms with E-state index in [-0.39, 0.29) is 18.2 Å². The van der Waals surface area contributed by atoms with E-state index >= 15 is 0 Å². The van der Waals surface area contributed by atoms with Crippen LogP contribution in [0.2, 0.25) is 0 Å². The van der Waals surface area contributed by atoms with Gasteiger partial charge in [-0.3, -0.25) is 9.78 Å². The van der Waals surface area contributed by atoms with Crippen LogP contribution in [0.4, 0.5) is 18.9 Å². The number of nitrogens with one attached hydrogen (secondary N) is 1. The number of aromatic nitrogens is 3. The Morgan fingerprint density at radius 3 is 2.54 bits per heavy atom. The van der Waals surface area contributed by atoms with Crippen LogP contribution in [0, 0.1) is 0 Å². The molecule has 0 saturated heterocycles. The smallest absolute Gasteiger partial charge is 0.326 e. The summed E-state index contributed by atoms with van der Waals surface area (Å²) in [7, 11) is 0. The molecular weight excluding hydrogens is 369 g/mol. The van der Waals surface area contributed by atoms with Crippen molar-refractivity contribution < 1.29 is 18.0 Å². The number of hydrogen-bond acceptors (Lipinski definition) is 3. The molecule has 28 heavy (non-hydrogen) atoms. The van der Waals surface area contributed by atoms with E-state index in [1.54, 1.807) is 42.7 Å². The summed E-state index contributed by atoms with van der Waals surface area (Å²) in [5, 5.41) is 6.53. The molecule has 4 rings (SSSR count). The van der Waals surface area contributed by atoms with Crippen LogP contribution in [0.3, 0.4) is 0 Å². The van der Waals surface area contributed by atoms with Gasteiger partial charge in [-0.1, -0.05) is 6.07 Å². The first-order valence-corrected chi connectivity index (χ1v) is 8.86. The van der Waals surface area contributed by atoms with Crippen molar-refractivity contribution in [3.8, 4) is 5.69 Å². The lowest BCUT2D eigenvalue weighted by atomic mass is 10.2. The molecule has 0 radical (unpaired) electrons. The second-order valence-electron chi connectivity index (χ2n) is 6.77. The maximum absolute atomic E-state index is 13.0. The molecule has 1 N–H and O–H groups in total. The predicted molar refractivity (Wildman–Crippen MR) is 97.1 cm³/mol. The summed E-state index contributed by atoms with van der Waals surface area (Å²) in [5.74, 6) is -0.0830. The van der Waals surface area contributed by atoms with Crippen molar-refractivity contribution in [2.75, 3.05) is 5.32 Å². The van der Waals surface area contributed by atoms with E-state index in [4.69, 9.17) is 0 Å². The van der Waals surface area contributed by atoms with Crippen LogP contribution in [0.15, 0.2) is 54.9 Å². The third-order valence-corrected chi connectivity index (χ3v) is 4.51. The molecule has 3 aromatic rings. The van der Waals surface area contributed by atoms with Crippen LogP contribution in [0.25, 0.3) is 5.69 Å². The Morgan fingerprint density at radius 2 is 1.93 bits per heavy atom. The molecule has 0 bridgehead atoms. The average Bonchev–Trinajstić information content (AvgIpc) is 3.40. The first-order valence-electron chi connectivity index (χ1n) is 8.86. The third-order valence-electron chi connectivity index (χ3n) is 4.51. The van der Waals surface area contributed by atoms with Crippen LogP contribution in [-0.4, -0.2) is 20.7 Å². The van der Waals surface area contributed by atoms with E-state index in [2.05, 4.69) is 15.4 Å². The summed E-state index contributed by atoms with van der Waals surface area (Å²) in [6.45, 7) is 0. The number of amides is 1. The van der Waals surface area contributed by atoms with Crippen molar-refractivity contribution in [3.63, 3.8) is 0 Å². The molecule has 1 aliphatic carbocycles. The highest BCUT2D eigenvalue weighted by atomic mass is 19.4. The van der Waals surface area contributed by atoms with Gasteiger partial charge in [0, 0.05) is 29.7 Å². The van der Waals surface area contributed by atoms with Gasteiger partial charge in [0.1, 0.15) is 0 Å². The minimum absolute atomic E-state index is 0.113. The lowest BCUT2D eigenvalue weighted by Gasteiger charge is -2.09. The number of carbonyl (C=O) groups excluding carboxylic acids is 1. The van der Waals surface area contributed by atoms with E-state index in [1.165, 1.54) is 4.68 Å². The molecule has 5 nitrogen and oxygen atoms in total. The maximum Gasteiger partial charge on any atom is 0.435 e. The average molecular weight is 386 g/mol. The lowest BCUT2D eigenvalue weighted by molar-refractivity contribution is -0.141. The molecule has 8 heteroatoms. The Balaban J connectivity index is 1.50. The molecule has 1 aromatic carbocycles. The lowest BCUT2D eigenvalue weighted by Crippen LogP contribution is -2.14. The predicted octanol–water partition coefficient (Wildman–Crippen LogP) is 4.34. The van der Waals surface area contributed by atoms with Crippen molar-refractivity contribution in [2.24, 2.45) is 0 Å². The number of hydrogen-bond donors (Lipinski definition) is 1. The molecule has 2 aromatic heterocycles. The highest BCUT2D eigenvalue weighted by Crippen LogP contribution is 2.42. The third kappa shape index (κ3) is 4.05. The summed E-state index contributed by atoms with van der Waals surface area (Å²) in [5.41, 5.74) is 1.57. The molecule has 2 heterocycles. The maximum atomic E-state index is 13.0. The summed E-state index contributed by atoms with van der Waals surface area (Å²) in [6, 6.07) is 11.3. The molecule has 1 saturated carbocycles. The Hall–Kier alpha value is -3.16. The number of nitrogens with zero attached hydrogens (tertiary/aromatic N) is 3. The highest BCUT2D eigenvalue weighted by Gasteiger charge is 2.38. The van der Waals surface area contributed by atoms with E-state index in [0.717, 1.165) is 24.5 Å². The fourth-order valence-corrected chi connectivity index (χ4v) is 2.99. The van der Waals surface area contributed by atoms with Gasteiger partial charge in [0.2, 0.25) is 5.91 Å². The molecule has 144 valence electrons. The quantitative estimate of drug-likeness (QED) is 0.709. The summed E-state index contributed by atoms with van der Waals surface area (Å²) >= 11 is 0. The van der Waals surface area contributed by atoms with Gasteiger partial charge < -0.3 is 5.32 Å². The number of carbonyl (C=O) groups is 1. The van der Waals surface area contributed by atoms with E-state index in [9.17, 15) is 18.0 Å². The summed E-state index contributed by atoms with van der Waals surface area (Å²) < 4.78 is 40.5. The standard InChI is InChI=1S/C20H17F3N4O/c21-20(22,23)18-11-17(14-3-4-14)27(26-18)16-7-5-15(6-8-16)25-19(28)10-13-2-1-9-24-12-13/h1-2,5-9,11-12,14H,3-4,10H2,(H,25,28). The van der Waals surface area contributed by atoms with Crippen LogP contribution >= 0.6 is 0 Å². The minimum Gasteiger partial charge on any atom is -0.326 e. The van der Waals surface area contributed by atoms with Gasteiger partial charge in [-0.15, -0.1) is 0 Å². The Morgan fingerprint density at radius 1 is 1.18 bits per heavy atom. The first kappa shape index (κ1) is 18.2. The van der Waals surface area contributed by atoms with Gasteiger partial charge in [0.05, 0.1) is 12.1 Å². The largest absolute Gasteiger partial charge is 0.435 e. The van der Waals surface area contributed by atoms with Gasteiger partial charge in [0.15, 0.2) is 5.69 Å². The monoisotopic (exact) mass is 386 g/mol. The zero-order chi connectivity index (χ0) is 19.7. The van der Waals surface area contributed by atoms with Crippen molar-refractivity contribution in [1.29, 1.82) is 0 Å². The second kappa shape index (κ2) is 7.10. The van der Waals surface area contributed by atoms with Crippen molar-refractivity contribution in [1.82, 2.24) is 14.8 Å². The fraction of sp³-hybridized carbons (Fsp3) is 0.250. The molecule has 0 atom stereocenters. The fourth-order valence-electron chi connectivity index (χ4n) is 2.99. The Kier molecular flexibility index (Phi) is 4.62.